The fourth-order valence-corrected chi connectivity index (χ4v) is 4.14. The minimum absolute atomic E-state index is 0.934. The van der Waals surface area contributed by atoms with Gasteiger partial charge in [-0.05, 0) is 23.7 Å². The average Bonchev–Trinajstić information content (AvgIpc) is 2.45. The van der Waals surface area contributed by atoms with Gasteiger partial charge in [0.1, 0.15) is 0 Å². The third-order valence-corrected chi connectivity index (χ3v) is 5.60. The molecule has 0 saturated carbocycles. The van der Waals surface area contributed by atoms with Crippen LogP contribution in [0.4, 0.5) is 0 Å². The van der Waals surface area contributed by atoms with Crippen molar-refractivity contribution in [2.24, 2.45) is 23.7 Å². The largest absolute Gasteiger partial charge is 0.0654 e. The summed E-state index contributed by atoms with van der Waals surface area (Å²) in [5, 5.41) is 0. The third-order valence-electron chi connectivity index (χ3n) is 5.60. The van der Waals surface area contributed by atoms with E-state index in [4.69, 9.17) is 0 Å². The average molecular weight is 283 g/mol. The molecule has 0 aromatic heterocycles. The van der Waals surface area contributed by atoms with Crippen LogP contribution >= 0.6 is 0 Å². The lowest BCUT2D eigenvalue weighted by molar-refractivity contribution is 0.246. The van der Waals surface area contributed by atoms with Crippen molar-refractivity contribution in [2.75, 3.05) is 0 Å². The maximum Gasteiger partial charge on any atom is -0.0386 e. The van der Waals surface area contributed by atoms with E-state index in [0.29, 0.717) is 0 Å². The molecule has 0 aliphatic heterocycles. The maximum absolute atomic E-state index is 2.50. The van der Waals surface area contributed by atoms with Crippen molar-refractivity contribution in [1.29, 1.82) is 0 Å². The van der Waals surface area contributed by atoms with Crippen LogP contribution in [-0.2, 0) is 0 Å². The molecule has 0 aliphatic carbocycles. The Labute approximate surface area is 130 Å². The van der Waals surface area contributed by atoms with Crippen LogP contribution in [0.15, 0.2) is 0 Å². The Kier molecular flexibility index (Phi) is 12.7. The fourth-order valence-electron chi connectivity index (χ4n) is 4.14. The molecule has 0 nitrogen and oxygen atoms in total. The highest BCUT2D eigenvalue weighted by Crippen LogP contribution is 2.31. The molecule has 20 heavy (non-hydrogen) atoms. The first-order valence-electron chi connectivity index (χ1n) is 9.64. The second kappa shape index (κ2) is 12.7. The molecule has 0 fully saturated rings. The Hall–Kier alpha value is 0. The molecule has 0 rings (SSSR count). The van der Waals surface area contributed by atoms with Crippen LogP contribution in [0.2, 0.25) is 0 Å². The van der Waals surface area contributed by atoms with Crippen LogP contribution < -0.4 is 0 Å². The van der Waals surface area contributed by atoms with Gasteiger partial charge in [-0.2, -0.15) is 0 Å². The molecule has 3 unspecified atom stereocenters. The van der Waals surface area contributed by atoms with Crippen molar-refractivity contribution in [1.82, 2.24) is 0 Å². The van der Waals surface area contributed by atoms with Crippen molar-refractivity contribution >= 4 is 0 Å². The summed E-state index contributed by atoms with van der Waals surface area (Å²) in [5.74, 6) is 3.87. The molecular weight excluding hydrogens is 240 g/mol. The van der Waals surface area contributed by atoms with Gasteiger partial charge in [0, 0.05) is 0 Å². The normalized spacial score (nSPS) is 16.4. The first-order chi connectivity index (χ1) is 9.64. The SMILES string of the molecule is CCCC(CC)C(C)CCCC(CCC)C(CC)CC. The zero-order valence-electron chi connectivity index (χ0n) is 15.4. The zero-order valence-corrected chi connectivity index (χ0v) is 15.4. The second-order valence-electron chi connectivity index (χ2n) is 6.99. The van der Waals surface area contributed by atoms with E-state index in [2.05, 4.69) is 41.5 Å². The van der Waals surface area contributed by atoms with Crippen LogP contribution in [0.1, 0.15) is 106 Å². The summed E-state index contributed by atoms with van der Waals surface area (Å²) >= 11 is 0. The van der Waals surface area contributed by atoms with E-state index < -0.39 is 0 Å². The van der Waals surface area contributed by atoms with Gasteiger partial charge in [-0.3, -0.25) is 0 Å². The molecular formula is C20H42. The van der Waals surface area contributed by atoms with Gasteiger partial charge in [0.15, 0.2) is 0 Å². The van der Waals surface area contributed by atoms with Crippen molar-refractivity contribution in [3.63, 3.8) is 0 Å². The van der Waals surface area contributed by atoms with Crippen molar-refractivity contribution < 1.29 is 0 Å². The van der Waals surface area contributed by atoms with E-state index in [0.717, 1.165) is 23.7 Å². The fraction of sp³-hybridized carbons (Fsp3) is 1.00. The van der Waals surface area contributed by atoms with Gasteiger partial charge in [0.05, 0.1) is 0 Å². The van der Waals surface area contributed by atoms with Crippen LogP contribution in [-0.4, -0.2) is 0 Å². The Bertz CT molecular complexity index is 192. The summed E-state index contributed by atoms with van der Waals surface area (Å²) in [7, 11) is 0. The molecule has 0 aliphatic rings. The van der Waals surface area contributed by atoms with Gasteiger partial charge in [-0.15, -0.1) is 0 Å². The molecule has 0 aromatic carbocycles. The van der Waals surface area contributed by atoms with Gasteiger partial charge < -0.3 is 0 Å². The molecule has 0 heteroatoms. The molecule has 3 atom stereocenters. The first kappa shape index (κ1) is 20.0. The Morgan fingerprint density at radius 2 is 1.05 bits per heavy atom. The zero-order chi connectivity index (χ0) is 15.4. The molecule has 0 radical (unpaired) electrons. The van der Waals surface area contributed by atoms with Gasteiger partial charge in [0.2, 0.25) is 0 Å². The lowest BCUT2D eigenvalue weighted by Crippen LogP contribution is -2.15. The molecule has 0 spiro atoms. The topological polar surface area (TPSA) is 0 Å². The van der Waals surface area contributed by atoms with Crippen LogP contribution in [0.5, 0.6) is 0 Å². The number of hydrogen-bond donors (Lipinski definition) is 0. The maximum atomic E-state index is 2.50. The summed E-state index contributed by atoms with van der Waals surface area (Å²) < 4.78 is 0. The highest BCUT2D eigenvalue weighted by molar-refractivity contribution is 4.70. The quantitative estimate of drug-likeness (QED) is 0.328. The summed E-state index contributed by atoms with van der Waals surface area (Å²) in [6, 6.07) is 0. The van der Waals surface area contributed by atoms with Gasteiger partial charge in [-0.1, -0.05) is 106 Å². The first-order valence-corrected chi connectivity index (χ1v) is 9.64. The predicted octanol–water partition coefficient (Wildman–Crippen LogP) is 7.47. The molecule has 0 N–H and O–H groups in total. The summed E-state index contributed by atoms with van der Waals surface area (Å²) in [6.07, 6.45) is 14.1. The molecule has 0 saturated heterocycles. The molecule has 122 valence electrons. The molecule has 0 bridgehead atoms. The van der Waals surface area contributed by atoms with Crippen molar-refractivity contribution in [3.05, 3.63) is 0 Å². The lowest BCUT2D eigenvalue weighted by Gasteiger charge is -2.27. The van der Waals surface area contributed by atoms with Gasteiger partial charge in [-0.25, -0.2) is 0 Å². The summed E-state index contributed by atoms with van der Waals surface area (Å²) in [5.41, 5.74) is 0. The number of rotatable bonds is 13. The molecule has 0 amide bonds. The highest BCUT2D eigenvalue weighted by atomic mass is 14.2. The minimum atomic E-state index is 0.934. The summed E-state index contributed by atoms with van der Waals surface area (Å²) in [4.78, 5) is 0. The molecule has 0 aromatic rings. The summed E-state index contributed by atoms with van der Waals surface area (Å²) in [6.45, 7) is 14.3. The van der Waals surface area contributed by atoms with E-state index in [1.54, 1.807) is 0 Å². The monoisotopic (exact) mass is 282 g/mol. The van der Waals surface area contributed by atoms with E-state index in [9.17, 15) is 0 Å². The van der Waals surface area contributed by atoms with E-state index in [1.807, 2.05) is 0 Å². The third kappa shape index (κ3) is 7.70. The van der Waals surface area contributed by atoms with E-state index in [-0.39, 0.29) is 0 Å². The van der Waals surface area contributed by atoms with Gasteiger partial charge in [0.25, 0.3) is 0 Å². The Morgan fingerprint density at radius 1 is 0.550 bits per heavy atom. The van der Waals surface area contributed by atoms with E-state index in [1.165, 1.54) is 64.2 Å². The predicted molar refractivity (Wildman–Crippen MR) is 94.2 cm³/mol. The van der Waals surface area contributed by atoms with Crippen LogP contribution in [0.3, 0.4) is 0 Å². The van der Waals surface area contributed by atoms with Crippen molar-refractivity contribution in [3.8, 4) is 0 Å². The highest BCUT2D eigenvalue weighted by Gasteiger charge is 2.19. The smallest absolute Gasteiger partial charge is 0.0386 e. The van der Waals surface area contributed by atoms with Crippen molar-refractivity contribution in [2.45, 2.75) is 106 Å². The Balaban J connectivity index is 4.14. The second-order valence-corrected chi connectivity index (χ2v) is 6.99. The van der Waals surface area contributed by atoms with Crippen LogP contribution in [0, 0.1) is 23.7 Å². The Morgan fingerprint density at radius 3 is 1.50 bits per heavy atom. The number of hydrogen-bond acceptors (Lipinski definition) is 0. The standard InChI is InChI=1S/C20H42/c1-7-13-19(11-5)17(6)15-12-16-20(14-8-2)18(9-3)10-4/h17-20H,7-16H2,1-6H3. The minimum Gasteiger partial charge on any atom is -0.0654 e. The van der Waals surface area contributed by atoms with Gasteiger partial charge >= 0.3 is 0 Å². The van der Waals surface area contributed by atoms with Crippen LogP contribution in [0.25, 0.3) is 0 Å². The lowest BCUT2D eigenvalue weighted by atomic mass is 9.79. The van der Waals surface area contributed by atoms with E-state index >= 15 is 0 Å². The molecule has 0 heterocycles.